The second kappa shape index (κ2) is 16.9. The van der Waals surface area contributed by atoms with Crippen LogP contribution in [0.3, 0.4) is 0 Å². The summed E-state index contributed by atoms with van der Waals surface area (Å²) in [5.74, 6) is 0.659. The van der Waals surface area contributed by atoms with E-state index in [2.05, 4.69) is 56.9 Å². The Labute approximate surface area is 202 Å². The predicted molar refractivity (Wildman–Crippen MR) is 123 cm³/mol. The SMILES string of the molecule is C.C.C.CC(C)N1CCCC(S(=O)(=O)N(C)C)C1.CC(C)c1ccccc1.[Y]. The number of piperidine rings is 1. The van der Waals surface area contributed by atoms with E-state index in [9.17, 15) is 8.42 Å². The molecule has 1 aliphatic heterocycles. The minimum atomic E-state index is -3.07. The topological polar surface area (TPSA) is 40.6 Å². The Balaban J connectivity index is -0.000000195. The molecule has 1 fully saturated rings. The molecular formula is C22H46N2O2SY. The largest absolute Gasteiger partial charge is 0.300 e. The number of nitrogens with zero attached hydrogens (tertiary/aromatic N) is 2. The molecule has 0 saturated carbocycles. The van der Waals surface area contributed by atoms with Crippen LogP contribution in [-0.2, 0) is 42.7 Å². The first kappa shape index (κ1) is 35.6. The second-order valence-corrected chi connectivity index (χ2v) is 9.67. The molecule has 0 aliphatic carbocycles. The molecule has 0 aromatic heterocycles. The first-order valence-electron chi connectivity index (χ1n) is 8.86. The van der Waals surface area contributed by atoms with Crippen LogP contribution < -0.4 is 0 Å². The van der Waals surface area contributed by atoms with Crippen molar-refractivity contribution in [2.24, 2.45) is 0 Å². The summed E-state index contributed by atoms with van der Waals surface area (Å²) in [7, 11) is 0.155. The first-order valence-corrected chi connectivity index (χ1v) is 10.4. The molecule has 1 heterocycles. The molecule has 0 bridgehead atoms. The van der Waals surface area contributed by atoms with E-state index in [-0.39, 0.29) is 60.2 Å². The fourth-order valence-electron chi connectivity index (χ4n) is 2.81. The fourth-order valence-corrected chi connectivity index (χ4v) is 4.26. The Morgan fingerprint density at radius 1 is 1.00 bits per heavy atom. The summed E-state index contributed by atoms with van der Waals surface area (Å²) in [6.07, 6.45) is 1.78. The van der Waals surface area contributed by atoms with Gasteiger partial charge in [-0.1, -0.05) is 66.5 Å². The van der Waals surface area contributed by atoms with Gasteiger partial charge in [-0.2, -0.15) is 0 Å². The maximum Gasteiger partial charge on any atom is 0.217 e. The van der Waals surface area contributed by atoms with Gasteiger partial charge in [0.15, 0.2) is 0 Å². The molecule has 0 N–H and O–H groups in total. The molecule has 28 heavy (non-hydrogen) atoms. The Morgan fingerprint density at radius 2 is 1.50 bits per heavy atom. The van der Waals surface area contributed by atoms with Crippen LogP contribution in [-0.4, -0.2) is 56.1 Å². The molecule has 4 nitrogen and oxygen atoms in total. The summed E-state index contributed by atoms with van der Waals surface area (Å²) in [4.78, 5) is 2.25. The summed E-state index contributed by atoms with van der Waals surface area (Å²) >= 11 is 0. The molecule has 1 saturated heterocycles. The summed E-state index contributed by atoms with van der Waals surface area (Å²) in [6.45, 7) is 10.3. The van der Waals surface area contributed by atoms with Crippen molar-refractivity contribution in [2.75, 3.05) is 27.2 Å². The summed E-state index contributed by atoms with van der Waals surface area (Å²) in [6, 6.07) is 11.0. The normalized spacial score (nSPS) is 16.7. The molecular weight excluding hydrogens is 445 g/mol. The zero-order valence-corrected chi connectivity index (χ0v) is 20.3. The van der Waals surface area contributed by atoms with Gasteiger partial charge in [-0.3, -0.25) is 4.90 Å². The van der Waals surface area contributed by atoms with Gasteiger partial charge in [0.05, 0.1) is 5.25 Å². The zero-order chi connectivity index (χ0) is 18.3. The van der Waals surface area contributed by atoms with E-state index in [4.69, 9.17) is 0 Å². The molecule has 1 aliphatic rings. The number of hydrogen-bond acceptors (Lipinski definition) is 3. The van der Waals surface area contributed by atoms with Gasteiger partial charge in [-0.05, 0) is 44.7 Å². The van der Waals surface area contributed by atoms with Crippen LogP contribution >= 0.6 is 0 Å². The van der Waals surface area contributed by atoms with Crippen LogP contribution in [0.2, 0.25) is 0 Å². The second-order valence-electron chi connectivity index (χ2n) is 7.25. The van der Waals surface area contributed by atoms with E-state index < -0.39 is 10.0 Å². The predicted octanol–water partition coefficient (Wildman–Crippen LogP) is 5.47. The maximum absolute atomic E-state index is 12.0. The third kappa shape index (κ3) is 11.4. The summed E-state index contributed by atoms with van der Waals surface area (Å²) < 4.78 is 25.3. The van der Waals surface area contributed by atoms with Gasteiger partial charge in [0.1, 0.15) is 0 Å². The summed E-state index contributed by atoms with van der Waals surface area (Å²) in [5.41, 5.74) is 1.41. The maximum atomic E-state index is 12.0. The zero-order valence-electron chi connectivity index (χ0n) is 16.6. The third-order valence-electron chi connectivity index (χ3n) is 4.54. The Kier molecular flexibility index (Phi) is 21.5. The van der Waals surface area contributed by atoms with E-state index in [0.29, 0.717) is 18.5 Å². The number of rotatable bonds is 4. The number of hydrogen-bond donors (Lipinski definition) is 0. The van der Waals surface area contributed by atoms with Crippen molar-refractivity contribution in [1.29, 1.82) is 0 Å². The van der Waals surface area contributed by atoms with Crippen LogP contribution in [0.25, 0.3) is 0 Å². The van der Waals surface area contributed by atoms with E-state index in [1.807, 2.05) is 6.07 Å². The van der Waals surface area contributed by atoms with Crippen LogP contribution in [0.1, 0.15) is 74.3 Å². The van der Waals surface area contributed by atoms with Gasteiger partial charge in [-0.15, -0.1) is 0 Å². The van der Waals surface area contributed by atoms with Crippen molar-refractivity contribution in [3.8, 4) is 0 Å². The van der Waals surface area contributed by atoms with Crippen LogP contribution in [0, 0.1) is 0 Å². The monoisotopic (exact) mass is 491 g/mol. The molecule has 1 unspecified atom stereocenters. The van der Waals surface area contributed by atoms with Gasteiger partial charge < -0.3 is 0 Å². The number of benzene rings is 1. The Hall–Kier alpha value is 0.194. The minimum absolute atomic E-state index is 0. The quantitative estimate of drug-likeness (QED) is 0.561. The standard InChI is InChI=1S/C10H22N2O2S.C9H12.3CH4.Y/c1-9(2)12-7-5-6-10(8-12)15(13,14)11(3)4;1-8(2)9-6-4-3-5-7-9;;;;/h9-10H,5-8H2,1-4H3;3-8H,1-2H3;3*1H4;. The number of likely N-dealkylation sites (tertiary alicyclic amines) is 1. The molecule has 1 aromatic carbocycles. The minimum Gasteiger partial charge on any atom is -0.300 e. The van der Waals surface area contributed by atoms with Crippen LogP contribution in [0.4, 0.5) is 0 Å². The molecule has 1 aromatic rings. The molecule has 6 heteroatoms. The van der Waals surface area contributed by atoms with E-state index >= 15 is 0 Å². The van der Waals surface area contributed by atoms with Gasteiger partial charge in [0, 0.05) is 59.4 Å². The fraction of sp³-hybridized carbons (Fsp3) is 0.727. The van der Waals surface area contributed by atoms with Gasteiger partial charge in [0.2, 0.25) is 10.0 Å². The van der Waals surface area contributed by atoms with Gasteiger partial charge >= 0.3 is 0 Å². The van der Waals surface area contributed by atoms with Crippen molar-refractivity contribution in [3.05, 3.63) is 35.9 Å². The van der Waals surface area contributed by atoms with E-state index in [1.165, 1.54) is 9.87 Å². The van der Waals surface area contributed by atoms with Crippen LogP contribution in [0.5, 0.6) is 0 Å². The van der Waals surface area contributed by atoms with Crippen molar-refractivity contribution in [3.63, 3.8) is 0 Å². The average Bonchev–Trinajstić information content (AvgIpc) is 2.56. The van der Waals surface area contributed by atoms with E-state index in [0.717, 1.165) is 19.4 Å². The molecule has 1 atom stereocenters. The summed E-state index contributed by atoms with van der Waals surface area (Å²) in [5, 5.41) is -0.219. The molecule has 2 rings (SSSR count). The smallest absolute Gasteiger partial charge is 0.217 e. The first-order chi connectivity index (χ1) is 11.2. The van der Waals surface area contributed by atoms with Crippen molar-refractivity contribution in [2.45, 2.75) is 80.0 Å². The van der Waals surface area contributed by atoms with Crippen molar-refractivity contribution >= 4 is 10.0 Å². The van der Waals surface area contributed by atoms with Crippen molar-refractivity contribution < 1.29 is 41.1 Å². The van der Waals surface area contributed by atoms with Crippen molar-refractivity contribution in [1.82, 2.24) is 9.21 Å². The Bertz CT molecular complexity index is 575. The van der Waals surface area contributed by atoms with E-state index in [1.54, 1.807) is 14.1 Å². The number of sulfonamides is 1. The van der Waals surface area contributed by atoms with Crippen LogP contribution in [0.15, 0.2) is 30.3 Å². The molecule has 165 valence electrons. The Morgan fingerprint density at radius 3 is 1.86 bits per heavy atom. The third-order valence-corrected chi connectivity index (χ3v) is 6.78. The molecule has 1 radical (unpaired) electrons. The molecule has 0 amide bonds. The average molecular weight is 492 g/mol. The molecule has 0 spiro atoms. The van der Waals surface area contributed by atoms with Gasteiger partial charge in [-0.25, -0.2) is 12.7 Å². The van der Waals surface area contributed by atoms with Gasteiger partial charge in [0.25, 0.3) is 0 Å².